The minimum atomic E-state index is -0.637. The lowest BCUT2D eigenvalue weighted by Crippen LogP contribution is -2.57. The second kappa shape index (κ2) is 11.8. The summed E-state index contributed by atoms with van der Waals surface area (Å²) in [6, 6.07) is 9.01. The molecule has 2 unspecified atom stereocenters. The average Bonchev–Trinajstić information content (AvgIpc) is 2.66. The van der Waals surface area contributed by atoms with E-state index in [4.69, 9.17) is 4.74 Å². The third kappa shape index (κ3) is 7.26. The fourth-order valence-electron chi connectivity index (χ4n) is 2.78. The van der Waals surface area contributed by atoms with Crippen LogP contribution in [0.5, 0.6) is 0 Å². The van der Waals surface area contributed by atoms with Gasteiger partial charge in [0.25, 0.3) is 0 Å². The van der Waals surface area contributed by atoms with Crippen molar-refractivity contribution < 1.29 is 14.3 Å². The predicted molar refractivity (Wildman–Crippen MR) is 105 cm³/mol. The molecule has 0 saturated heterocycles. The number of esters is 1. The minimum absolute atomic E-state index is 0.0228. The molecule has 1 rings (SSSR count). The third-order valence-corrected chi connectivity index (χ3v) is 4.68. The molecule has 1 aromatic rings. The Morgan fingerprint density at radius 1 is 1.15 bits per heavy atom. The number of likely N-dealkylation sites (N-methyl/N-ethyl adjacent to an activating group) is 1. The van der Waals surface area contributed by atoms with Crippen LogP contribution >= 0.6 is 0 Å². The molecule has 0 aliphatic heterocycles. The summed E-state index contributed by atoms with van der Waals surface area (Å²) in [4.78, 5) is 25.3. The summed E-state index contributed by atoms with van der Waals surface area (Å²) in [5.74, 6) is -0.338. The molecule has 0 spiro atoms. The highest BCUT2D eigenvalue weighted by molar-refractivity contribution is 5.95. The van der Waals surface area contributed by atoms with Gasteiger partial charge >= 0.3 is 5.97 Å². The van der Waals surface area contributed by atoms with Crippen LogP contribution in [0, 0.1) is 0 Å². The van der Waals surface area contributed by atoms with Crippen LogP contribution in [-0.2, 0) is 20.9 Å². The number of hydrogen-bond acceptors (Lipinski definition) is 5. The molecule has 0 radical (unpaired) electrons. The predicted octanol–water partition coefficient (Wildman–Crippen LogP) is 3.23. The Bertz CT molecular complexity index is 547. The van der Waals surface area contributed by atoms with Crippen LogP contribution in [0.4, 0.5) is 0 Å². The van der Waals surface area contributed by atoms with Crippen molar-refractivity contribution in [3.05, 3.63) is 35.9 Å². The van der Waals surface area contributed by atoms with Crippen LogP contribution in [0.15, 0.2) is 30.3 Å². The molecule has 5 nitrogen and oxygen atoms in total. The summed E-state index contributed by atoms with van der Waals surface area (Å²) in [5, 5.41) is 6.53. The molecule has 1 aromatic carbocycles. The monoisotopic (exact) mass is 362 g/mol. The molecule has 0 heterocycles. The van der Waals surface area contributed by atoms with E-state index < -0.39 is 11.6 Å². The van der Waals surface area contributed by atoms with Gasteiger partial charge in [-0.15, -0.1) is 0 Å². The first kappa shape index (κ1) is 22.3. The molecule has 0 fully saturated rings. The van der Waals surface area contributed by atoms with E-state index in [1.54, 1.807) is 0 Å². The number of unbranched alkanes of at least 4 members (excludes halogenated alkanes) is 1. The quantitative estimate of drug-likeness (QED) is 0.417. The van der Waals surface area contributed by atoms with E-state index in [1.165, 1.54) is 0 Å². The van der Waals surface area contributed by atoms with Gasteiger partial charge in [0.15, 0.2) is 5.78 Å². The Balaban J connectivity index is 2.66. The van der Waals surface area contributed by atoms with Crippen molar-refractivity contribution in [2.45, 2.75) is 71.6 Å². The molecule has 0 bridgehead atoms. The van der Waals surface area contributed by atoms with Crippen LogP contribution < -0.4 is 10.6 Å². The highest BCUT2D eigenvalue weighted by Gasteiger charge is 2.36. The van der Waals surface area contributed by atoms with Crippen LogP contribution in [0.25, 0.3) is 0 Å². The Morgan fingerprint density at radius 2 is 1.85 bits per heavy atom. The van der Waals surface area contributed by atoms with E-state index in [0.29, 0.717) is 13.0 Å². The molecule has 2 N–H and O–H groups in total. The van der Waals surface area contributed by atoms with Gasteiger partial charge in [-0.2, -0.15) is 0 Å². The zero-order chi connectivity index (χ0) is 19.4. The first-order chi connectivity index (χ1) is 12.5. The van der Waals surface area contributed by atoms with Gasteiger partial charge < -0.3 is 15.4 Å². The first-order valence-electron chi connectivity index (χ1n) is 9.69. The van der Waals surface area contributed by atoms with Crippen LogP contribution in [0.3, 0.4) is 0 Å². The zero-order valence-electron chi connectivity index (χ0n) is 16.6. The number of benzene rings is 1. The fraction of sp³-hybridized carbons (Fsp3) is 0.619. The number of carbonyl (C=O) groups excluding carboxylic acids is 2. The lowest BCUT2D eigenvalue weighted by Gasteiger charge is -2.32. The first-order valence-corrected chi connectivity index (χ1v) is 9.69. The minimum Gasteiger partial charge on any atom is -0.461 e. The van der Waals surface area contributed by atoms with Crippen molar-refractivity contribution in [2.75, 3.05) is 13.1 Å². The summed E-state index contributed by atoms with van der Waals surface area (Å²) in [6.45, 7) is 9.62. The van der Waals surface area contributed by atoms with E-state index >= 15 is 0 Å². The standard InChI is InChI=1S/C21H34N2O3/c1-5-8-14-23-21(4,6-2)20(25)18(22-7-3)15-19(24)26-16-17-12-10-9-11-13-17/h9-13,18,22-23H,5-8,14-16H2,1-4H3. The molecule has 2 atom stereocenters. The van der Waals surface area contributed by atoms with Gasteiger partial charge in [0.1, 0.15) is 6.61 Å². The molecule has 146 valence electrons. The van der Waals surface area contributed by atoms with E-state index in [2.05, 4.69) is 17.6 Å². The van der Waals surface area contributed by atoms with E-state index in [0.717, 1.165) is 24.9 Å². The smallest absolute Gasteiger partial charge is 0.308 e. The summed E-state index contributed by atoms with van der Waals surface area (Å²) in [6.07, 6.45) is 2.82. The normalized spacial score (nSPS) is 14.5. The number of hydrogen-bond donors (Lipinski definition) is 2. The average molecular weight is 363 g/mol. The maximum absolute atomic E-state index is 13.1. The van der Waals surface area contributed by atoms with E-state index in [9.17, 15) is 9.59 Å². The molecule has 0 saturated carbocycles. The zero-order valence-corrected chi connectivity index (χ0v) is 16.6. The highest BCUT2D eigenvalue weighted by atomic mass is 16.5. The van der Waals surface area contributed by atoms with Crippen molar-refractivity contribution in [3.63, 3.8) is 0 Å². The molecule has 0 aliphatic carbocycles. The van der Waals surface area contributed by atoms with Gasteiger partial charge in [-0.3, -0.25) is 9.59 Å². The highest BCUT2D eigenvalue weighted by Crippen LogP contribution is 2.16. The van der Waals surface area contributed by atoms with E-state index in [1.807, 2.05) is 51.1 Å². The van der Waals surface area contributed by atoms with Gasteiger partial charge in [-0.1, -0.05) is 57.5 Å². The summed E-state index contributed by atoms with van der Waals surface area (Å²) < 4.78 is 5.35. The number of ketones is 1. The topological polar surface area (TPSA) is 67.4 Å². The van der Waals surface area contributed by atoms with Crippen molar-refractivity contribution >= 4 is 11.8 Å². The summed E-state index contributed by atoms with van der Waals surface area (Å²) in [7, 11) is 0. The molecule has 26 heavy (non-hydrogen) atoms. The molecule has 0 aliphatic rings. The van der Waals surface area contributed by atoms with Gasteiger partial charge in [0.2, 0.25) is 0 Å². The van der Waals surface area contributed by atoms with Crippen molar-refractivity contribution in [1.82, 2.24) is 10.6 Å². The van der Waals surface area contributed by atoms with E-state index in [-0.39, 0.29) is 24.8 Å². The molecule has 0 aromatic heterocycles. The lowest BCUT2D eigenvalue weighted by molar-refractivity contribution is -0.147. The number of ether oxygens (including phenoxy) is 1. The molecular weight excluding hydrogens is 328 g/mol. The number of Topliss-reactive ketones (excluding diaryl/α,β-unsaturated/α-hetero) is 1. The van der Waals surface area contributed by atoms with Crippen LogP contribution in [0.1, 0.15) is 58.9 Å². The summed E-state index contributed by atoms with van der Waals surface area (Å²) in [5.41, 5.74) is 0.300. The van der Waals surface area contributed by atoms with Crippen molar-refractivity contribution in [2.24, 2.45) is 0 Å². The van der Waals surface area contributed by atoms with Gasteiger partial charge in [0, 0.05) is 0 Å². The second-order valence-electron chi connectivity index (χ2n) is 6.79. The Morgan fingerprint density at radius 3 is 2.42 bits per heavy atom. The fourth-order valence-corrected chi connectivity index (χ4v) is 2.78. The number of rotatable bonds is 13. The van der Waals surface area contributed by atoms with Crippen LogP contribution in [0.2, 0.25) is 0 Å². The maximum atomic E-state index is 13.1. The number of carbonyl (C=O) groups is 2. The maximum Gasteiger partial charge on any atom is 0.308 e. The van der Waals surface area contributed by atoms with Gasteiger partial charge in [-0.25, -0.2) is 0 Å². The lowest BCUT2D eigenvalue weighted by atomic mass is 9.87. The Kier molecular flexibility index (Phi) is 10.1. The Labute approximate surface area is 157 Å². The molecular formula is C21H34N2O3. The van der Waals surface area contributed by atoms with Gasteiger partial charge in [-0.05, 0) is 38.4 Å². The largest absolute Gasteiger partial charge is 0.461 e. The Hall–Kier alpha value is -1.72. The summed E-state index contributed by atoms with van der Waals surface area (Å²) >= 11 is 0. The third-order valence-electron chi connectivity index (χ3n) is 4.68. The van der Waals surface area contributed by atoms with Gasteiger partial charge in [0.05, 0.1) is 18.0 Å². The molecule has 5 heteroatoms. The SMILES string of the molecule is CCCCNC(C)(CC)C(=O)C(CC(=O)OCc1ccccc1)NCC. The van der Waals surface area contributed by atoms with Crippen molar-refractivity contribution in [1.29, 1.82) is 0 Å². The van der Waals surface area contributed by atoms with Crippen LogP contribution in [-0.4, -0.2) is 36.4 Å². The molecule has 0 amide bonds. The number of nitrogens with one attached hydrogen (secondary N) is 2. The second-order valence-corrected chi connectivity index (χ2v) is 6.79. The van der Waals surface area contributed by atoms with Crippen molar-refractivity contribution in [3.8, 4) is 0 Å².